The average Bonchev–Trinajstić information content (AvgIpc) is 3.08. The van der Waals surface area contributed by atoms with Crippen molar-refractivity contribution in [2.45, 2.75) is 52.2 Å². The van der Waals surface area contributed by atoms with Gasteiger partial charge < -0.3 is 14.8 Å². The number of benzene rings is 1. The zero-order valence-corrected chi connectivity index (χ0v) is 17.6. The van der Waals surface area contributed by atoms with Gasteiger partial charge in [0.1, 0.15) is 12.4 Å². The van der Waals surface area contributed by atoms with Gasteiger partial charge in [-0.3, -0.25) is 0 Å². The van der Waals surface area contributed by atoms with Crippen LogP contribution in [0.25, 0.3) is 0 Å². The van der Waals surface area contributed by atoms with E-state index in [2.05, 4.69) is 56.2 Å². The number of hydrogen-bond acceptors (Lipinski definition) is 3. The van der Waals surface area contributed by atoms with Crippen LogP contribution in [0.4, 0.5) is 0 Å². The molecule has 0 radical (unpaired) electrons. The SMILES string of the molecule is CCNC(=NCc1nnc2n1CCCC2)N1CCc2ccccc2C1.I. The molecular weight excluding hydrogens is 439 g/mol. The standard InChI is InChI=1S/C19H26N6.HI/c1-2-20-19(24-12-10-15-7-3-4-8-16(15)14-24)21-13-18-23-22-17-9-5-6-11-25(17)18;/h3-4,7-8H,2,5-6,9-14H2,1H3,(H,20,21);1H. The Morgan fingerprint density at radius 3 is 2.81 bits per heavy atom. The maximum absolute atomic E-state index is 4.87. The molecule has 0 fully saturated rings. The molecule has 2 aliphatic heterocycles. The summed E-state index contributed by atoms with van der Waals surface area (Å²) in [7, 11) is 0. The number of aromatic nitrogens is 3. The minimum atomic E-state index is 0. The second-order valence-corrected chi connectivity index (χ2v) is 6.75. The molecule has 0 saturated heterocycles. The Kier molecular flexibility index (Phi) is 6.50. The lowest BCUT2D eigenvalue weighted by molar-refractivity contribution is 0.378. The number of halogens is 1. The molecule has 0 bridgehead atoms. The summed E-state index contributed by atoms with van der Waals surface area (Å²) in [6.07, 6.45) is 4.54. The number of nitrogens with one attached hydrogen (secondary N) is 1. The number of rotatable bonds is 3. The first-order chi connectivity index (χ1) is 12.3. The lowest BCUT2D eigenvalue weighted by Gasteiger charge is -2.31. The summed E-state index contributed by atoms with van der Waals surface area (Å²) >= 11 is 0. The molecule has 0 amide bonds. The van der Waals surface area contributed by atoms with Crippen molar-refractivity contribution in [3.63, 3.8) is 0 Å². The van der Waals surface area contributed by atoms with E-state index < -0.39 is 0 Å². The first-order valence-corrected chi connectivity index (χ1v) is 9.36. The predicted molar refractivity (Wildman–Crippen MR) is 114 cm³/mol. The van der Waals surface area contributed by atoms with Crippen LogP contribution < -0.4 is 5.32 Å². The predicted octanol–water partition coefficient (Wildman–Crippen LogP) is 2.76. The molecule has 0 aliphatic carbocycles. The highest BCUT2D eigenvalue weighted by Crippen LogP contribution is 2.19. The Morgan fingerprint density at radius 1 is 1.12 bits per heavy atom. The maximum atomic E-state index is 4.87. The van der Waals surface area contributed by atoms with Crippen LogP contribution in [-0.4, -0.2) is 38.7 Å². The van der Waals surface area contributed by atoms with Gasteiger partial charge >= 0.3 is 0 Å². The second kappa shape index (κ2) is 8.83. The van der Waals surface area contributed by atoms with Gasteiger partial charge in [-0.25, -0.2) is 4.99 Å². The fourth-order valence-electron chi connectivity index (χ4n) is 3.73. The Hall–Kier alpha value is -1.64. The van der Waals surface area contributed by atoms with E-state index in [0.717, 1.165) is 56.6 Å². The van der Waals surface area contributed by atoms with Gasteiger partial charge in [0.05, 0.1) is 0 Å². The average molecular weight is 466 g/mol. The third-order valence-corrected chi connectivity index (χ3v) is 5.07. The molecular formula is C19H27IN6. The summed E-state index contributed by atoms with van der Waals surface area (Å²) in [5, 5.41) is 12.1. The molecule has 0 spiro atoms. The van der Waals surface area contributed by atoms with Crippen LogP contribution >= 0.6 is 24.0 Å². The van der Waals surface area contributed by atoms with Gasteiger partial charge in [-0.1, -0.05) is 24.3 Å². The Balaban J connectivity index is 0.00000196. The summed E-state index contributed by atoms with van der Waals surface area (Å²) in [6.45, 7) is 6.52. The third kappa shape index (κ3) is 4.02. The smallest absolute Gasteiger partial charge is 0.194 e. The molecule has 3 heterocycles. The Morgan fingerprint density at radius 2 is 1.96 bits per heavy atom. The van der Waals surface area contributed by atoms with Crippen molar-refractivity contribution >= 4 is 29.9 Å². The van der Waals surface area contributed by atoms with Crippen molar-refractivity contribution in [1.82, 2.24) is 25.0 Å². The van der Waals surface area contributed by atoms with E-state index in [4.69, 9.17) is 4.99 Å². The van der Waals surface area contributed by atoms with Crippen LogP contribution in [0, 0.1) is 0 Å². The van der Waals surface area contributed by atoms with Crippen molar-refractivity contribution in [2.24, 2.45) is 4.99 Å². The number of nitrogens with zero attached hydrogens (tertiary/aromatic N) is 5. The van der Waals surface area contributed by atoms with E-state index in [1.54, 1.807) is 0 Å². The van der Waals surface area contributed by atoms with Gasteiger partial charge in [-0.15, -0.1) is 34.2 Å². The van der Waals surface area contributed by atoms with Crippen LogP contribution in [0.15, 0.2) is 29.3 Å². The zero-order chi connectivity index (χ0) is 17.1. The largest absolute Gasteiger partial charge is 0.356 e. The van der Waals surface area contributed by atoms with Gasteiger partial charge in [0, 0.05) is 32.6 Å². The Bertz CT molecular complexity index is 769. The summed E-state index contributed by atoms with van der Waals surface area (Å²) in [5.74, 6) is 3.08. The van der Waals surface area contributed by atoms with Gasteiger partial charge in [0.2, 0.25) is 0 Å². The summed E-state index contributed by atoms with van der Waals surface area (Å²) in [4.78, 5) is 7.22. The molecule has 0 saturated carbocycles. The molecule has 1 N–H and O–H groups in total. The molecule has 0 atom stereocenters. The summed E-state index contributed by atoms with van der Waals surface area (Å²) < 4.78 is 2.25. The summed E-state index contributed by atoms with van der Waals surface area (Å²) in [6, 6.07) is 8.70. The molecule has 7 heteroatoms. The number of aryl methyl sites for hydroxylation is 1. The van der Waals surface area contributed by atoms with Crippen LogP contribution in [0.1, 0.15) is 42.5 Å². The quantitative estimate of drug-likeness (QED) is 0.430. The number of guanidine groups is 1. The molecule has 26 heavy (non-hydrogen) atoms. The third-order valence-electron chi connectivity index (χ3n) is 5.07. The number of hydrogen-bond donors (Lipinski definition) is 1. The molecule has 140 valence electrons. The van der Waals surface area contributed by atoms with E-state index in [9.17, 15) is 0 Å². The van der Waals surface area contributed by atoms with E-state index in [0.29, 0.717) is 6.54 Å². The van der Waals surface area contributed by atoms with Gasteiger partial charge in [-0.2, -0.15) is 0 Å². The number of aliphatic imine (C=N–C) groups is 1. The summed E-state index contributed by atoms with van der Waals surface area (Å²) in [5.41, 5.74) is 2.86. The van der Waals surface area contributed by atoms with Crippen LogP contribution in [0.3, 0.4) is 0 Å². The molecule has 1 aromatic carbocycles. The van der Waals surface area contributed by atoms with E-state index in [-0.39, 0.29) is 24.0 Å². The monoisotopic (exact) mass is 466 g/mol. The number of fused-ring (bicyclic) bond motifs is 2. The van der Waals surface area contributed by atoms with Crippen molar-refractivity contribution < 1.29 is 0 Å². The minimum Gasteiger partial charge on any atom is -0.356 e. The molecule has 2 aliphatic rings. The highest BCUT2D eigenvalue weighted by Gasteiger charge is 2.20. The lowest BCUT2D eigenvalue weighted by Crippen LogP contribution is -2.44. The fourth-order valence-corrected chi connectivity index (χ4v) is 3.73. The van der Waals surface area contributed by atoms with E-state index in [1.807, 2.05) is 0 Å². The highest BCUT2D eigenvalue weighted by atomic mass is 127. The van der Waals surface area contributed by atoms with Crippen molar-refractivity contribution in [2.75, 3.05) is 13.1 Å². The first kappa shape index (κ1) is 19.1. The van der Waals surface area contributed by atoms with Gasteiger partial charge in [-0.05, 0) is 37.3 Å². The fraction of sp³-hybridized carbons (Fsp3) is 0.526. The van der Waals surface area contributed by atoms with Crippen LogP contribution in [-0.2, 0) is 32.5 Å². The van der Waals surface area contributed by atoms with Gasteiger partial charge in [0.15, 0.2) is 11.8 Å². The highest BCUT2D eigenvalue weighted by molar-refractivity contribution is 14.0. The van der Waals surface area contributed by atoms with Crippen LogP contribution in [0.2, 0.25) is 0 Å². The lowest BCUT2D eigenvalue weighted by atomic mass is 10.0. The van der Waals surface area contributed by atoms with E-state index in [1.165, 1.54) is 24.0 Å². The van der Waals surface area contributed by atoms with Crippen LogP contribution in [0.5, 0.6) is 0 Å². The molecule has 2 aromatic rings. The topological polar surface area (TPSA) is 58.3 Å². The Labute approximate surface area is 172 Å². The molecule has 6 nitrogen and oxygen atoms in total. The minimum absolute atomic E-state index is 0. The van der Waals surface area contributed by atoms with E-state index >= 15 is 0 Å². The van der Waals surface area contributed by atoms with Crippen molar-refractivity contribution in [1.29, 1.82) is 0 Å². The zero-order valence-electron chi connectivity index (χ0n) is 15.3. The normalized spacial score (nSPS) is 16.5. The molecule has 4 rings (SSSR count). The molecule has 1 aromatic heterocycles. The van der Waals surface area contributed by atoms with Gasteiger partial charge in [0.25, 0.3) is 0 Å². The maximum Gasteiger partial charge on any atom is 0.194 e. The first-order valence-electron chi connectivity index (χ1n) is 9.36. The van der Waals surface area contributed by atoms with Crippen molar-refractivity contribution in [3.8, 4) is 0 Å². The second-order valence-electron chi connectivity index (χ2n) is 6.75. The molecule has 0 unspecified atom stereocenters. The van der Waals surface area contributed by atoms with Crippen molar-refractivity contribution in [3.05, 3.63) is 47.0 Å².